The van der Waals surface area contributed by atoms with Gasteiger partial charge in [0.2, 0.25) is 0 Å². The van der Waals surface area contributed by atoms with Gasteiger partial charge in [-0.25, -0.2) is 4.79 Å². The third-order valence-corrected chi connectivity index (χ3v) is 11.7. The molecule has 2 heterocycles. The Labute approximate surface area is 218 Å². The zero-order chi connectivity index (χ0) is 27.8. The fourth-order valence-corrected chi connectivity index (χ4v) is 10.0. The van der Waals surface area contributed by atoms with E-state index in [1.807, 2.05) is 0 Å². The number of carbonyl (C=O) groups is 3. The maximum absolute atomic E-state index is 13.9. The van der Waals surface area contributed by atoms with E-state index in [1.165, 1.54) is 12.5 Å². The van der Waals surface area contributed by atoms with Crippen LogP contribution in [-0.2, 0) is 23.9 Å². The number of hydrogen-bond donors (Lipinski definition) is 5. The van der Waals surface area contributed by atoms with E-state index in [0.29, 0.717) is 5.56 Å². The second-order valence-corrected chi connectivity index (χ2v) is 12.8. The highest BCUT2D eigenvalue weighted by atomic mass is 16.6. The highest BCUT2D eigenvalue weighted by Gasteiger charge is 2.90. The number of cyclic esters (lactones) is 1. The first-order valence-corrected chi connectivity index (χ1v) is 13.0. The third-order valence-electron chi connectivity index (χ3n) is 11.7. The van der Waals surface area contributed by atoms with Gasteiger partial charge in [0.05, 0.1) is 43.7 Å². The number of aliphatic hydroxyl groups excluding tert-OH is 2. The zero-order valence-electron chi connectivity index (χ0n) is 21.7. The van der Waals surface area contributed by atoms with E-state index in [2.05, 4.69) is 0 Å². The van der Waals surface area contributed by atoms with Gasteiger partial charge in [-0.2, -0.15) is 0 Å². The lowest BCUT2D eigenvalue weighted by atomic mass is 9.35. The van der Waals surface area contributed by atoms with Crippen LogP contribution >= 0.6 is 0 Å². The molecule has 6 rings (SSSR count). The van der Waals surface area contributed by atoms with Gasteiger partial charge in [-0.15, -0.1) is 0 Å². The quantitative estimate of drug-likeness (QED) is 0.329. The average Bonchev–Trinajstić information content (AvgIpc) is 3.49. The van der Waals surface area contributed by atoms with Gasteiger partial charge >= 0.3 is 11.9 Å². The Hall–Kier alpha value is -2.31. The Balaban J connectivity index is 1.58. The van der Waals surface area contributed by atoms with Crippen molar-refractivity contribution in [3.8, 4) is 0 Å². The van der Waals surface area contributed by atoms with Crippen LogP contribution in [0.25, 0.3) is 0 Å². The molecule has 1 aromatic heterocycles. The Morgan fingerprint density at radius 1 is 1.18 bits per heavy atom. The van der Waals surface area contributed by atoms with Gasteiger partial charge < -0.3 is 39.4 Å². The number of fused-ring (bicyclic) bond motifs is 5. The fraction of sp³-hybridized carbons (Fsp3) is 0.741. The summed E-state index contributed by atoms with van der Waals surface area (Å²) in [6.45, 7) is 4.80. The molecule has 0 spiro atoms. The maximum Gasteiger partial charge on any atom is 0.335 e. The first kappa shape index (κ1) is 25.9. The molecule has 208 valence electrons. The number of Topliss-reactive ketones (excluding diaryl/α,β-unsaturated/α-hetero) is 1. The number of carbonyl (C=O) groups excluding carboxylic acids is 3. The van der Waals surface area contributed by atoms with Crippen molar-refractivity contribution in [1.82, 2.24) is 0 Å². The number of esters is 2. The summed E-state index contributed by atoms with van der Waals surface area (Å²) in [5.74, 6) is -6.24. The van der Waals surface area contributed by atoms with Crippen molar-refractivity contribution in [3.63, 3.8) is 0 Å². The molecule has 0 aromatic carbocycles. The van der Waals surface area contributed by atoms with Crippen LogP contribution in [-0.4, -0.2) is 79.4 Å². The van der Waals surface area contributed by atoms with Crippen molar-refractivity contribution in [2.45, 2.75) is 81.6 Å². The number of hydrogen-bond acceptors (Lipinski definition) is 11. The van der Waals surface area contributed by atoms with Gasteiger partial charge in [-0.3, -0.25) is 9.59 Å². The van der Waals surface area contributed by atoms with Gasteiger partial charge in [0.15, 0.2) is 6.10 Å². The topological polar surface area (TPSA) is 184 Å². The molecule has 5 N–H and O–H groups in total. The highest BCUT2D eigenvalue weighted by molar-refractivity contribution is 5.95. The molecule has 5 aliphatic rings. The average molecular weight is 535 g/mol. The second-order valence-electron chi connectivity index (χ2n) is 12.8. The number of ketones is 1. The predicted molar refractivity (Wildman–Crippen MR) is 125 cm³/mol. The number of rotatable bonds is 3. The summed E-state index contributed by atoms with van der Waals surface area (Å²) in [5.41, 5.74) is -10.5. The van der Waals surface area contributed by atoms with Crippen molar-refractivity contribution < 1.29 is 53.8 Å². The van der Waals surface area contributed by atoms with E-state index in [4.69, 9.17) is 13.9 Å². The summed E-state index contributed by atoms with van der Waals surface area (Å²) in [7, 11) is 1.10. The zero-order valence-corrected chi connectivity index (χ0v) is 21.7. The summed E-state index contributed by atoms with van der Waals surface area (Å²) < 4.78 is 15.6. The van der Waals surface area contributed by atoms with Gasteiger partial charge in [0, 0.05) is 33.6 Å². The molecule has 4 aliphatic carbocycles. The Kier molecular flexibility index (Phi) is 4.95. The van der Waals surface area contributed by atoms with Crippen LogP contribution in [0.2, 0.25) is 0 Å². The van der Waals surface area contributed by atoms with E-state index in [1.54, 1.807) is 26.8 Å². The lowest BCUT2D eigenvalue weighted by molar-refractivity contribution is -0.380. The Bertz CT molecular complexity index is 1230. The summed E-state index contributed by atoms with van der Waals surface area (Å²) in [6.07, 6.45) is -2.50. The van der Waals surface area contributed by atoms with Crippen molar-refractivity contribution in [2.24, 2.45) is 34.0 Å². The minimum absolute atomic E-state index is 0.123. The summed E-state index contributed by atoms with van der Waals surface area (Å²) in [5, 5.41) is 60.3. The second kappa shape index (κ2) is 7.25. The van der Waals surface area contributed by atoms with Crippen LogP contribution in [0.4, 0.5) is 0 Å². The molecule has 1 saturated heterocycles. The largest absolute Gasteiger partial charge is 0.472 e. The molecule has 12 atom stereocenters. The Morgan fingerprint density at radius 2 is 1.87 bits per heavy atom. The van der Waals surface area contributed by atoms with Crippen LogP contribution in [0.1, 0.15) is 58.1 Å². The molecule has 0 amide bonds. The van der Waals surface area contributed by atoms with Crippen LogP contribution in [0.15, 0.2) is 23.0 Å². The van der Waals surface area contributed by atoms with E-state index < -0.39 is 93.3 Å². The molecule has 4 saturated carbocycles. The lowest BCUT2D eigenvalue weighted by Crippen LogP contribution is -2.86. The smallest absolute Gasteiger partial charge is 0.335 e. The summed E-state index contributed by atoms with van der Waals surface area (Å²) in [6, 6.07) is 1.59. The summed E-state index contributed by atoms with van der Waals surface area (Å²) >= 11 is 0. The van der Waals surface area contributed by atoms with E-state index >= 15 is 0 Å². The van der Waals surface area contributed by atoms with Crippen LogP contribution in [0.3, 0.4) is 0 Å². The standard InChI is InChI=1S/C27H34O11/c1-22-11-25(33)15(18(22)30)19(31)27(35)13(24(25,3)17(22)16(29)21(32)36-4)5-7-23(2)20(12-6-8-37-10-12)38-14(28)9-26(23,27)34/h6,8,10,13,15-17,19-20,29,31,33-35H,5,7,9,11H2,1-4H3/t13?,15-,16?,17+,19+,20+,22-,23+,24-,25+,26-,27+/m1/s1. The number of furan rings is 1. The van der Waals surface area contributed by atoms with Gasteiger partial charge in [0.25, 0.3) is 0 Å². The SMILES string of the molecule is COC(=O)C(O)[C@H]1[C@@]2(C)C[C@]3(O)[C@H](C2=O)[C@H](O)[C@@]2(O)C(CC[C@@]4(C)[C@H](c5ccoc5)OC(=O)C[C@@]42O)[C@]13C. The van der Waals surface area contributed by atoms with E-state index in [0.717, 1.165) is 7.11 Å². The molecular weight excluding hydrogens is 500 g/mol. The van der Waals surface area contributed by atoms with Crippen molar-refractivity contribution >= 4 is 17.7 Å². The van der Waals surface area contributed by atoms with Crippen LogP contribution < -0.4 is 0 Å². The molecule has 38 heavy (non-hydrogen) atoms. The first-order chi connectivity index (χ1) is 17.6. The molecule has 1 aromatic rings. The first-order valence-electron chi connectivity index (χ1n) is 13.0. The summed E-state index contributed by atoms with van der Waals surface area (Å²) in [4.78, 5) is 39.4. The number of aliphatic hydroxyl groups is 5. The minimum Gasteiger partial charge on any atom is -0.472 e. The van der Waals surface area contributed by atoms with E-state index in [9.17, 15) is 39.9 Å². The van der Waals surface area contributed by atoms with Crippen molar-refractivity contribution in [3.05, 3.63) is 24.2 Å². The molecule has 2 bridgehead atoms. The third kappa shape index (κ3) is 2.39. The minimum atomic E-state index is -2.48. The predicted octanol–water partition coefficient (Wildman–Crippen LogP) is 0.0170. The molecule has 2 unspecified atom stereocenters. The van der Waals surface area contributed by atoms with Crippen LogP contribution in [0.5, 0.6) is 0 Å². The van der Waals surface area contributed by atoms with Gasteiger partial charge in [-0.1, -0.05) is 20.8 Å². The number of ether oxygens (including phenoxy) is 2. The van der Waals surface area contributed by atoms with Crippen molar-refractivity contribution in [2.75, 3.05) is 7.11 Å². The monoisotopic (exact) mass is 534 g/mol. The Morgan fingerprint density at radius 3 is 2.47 bits per heavy atom. The molecule has 11 nitrogen and oxygen atoms in total. The molecule has 0 radical (unpaired) electrons. The van der Waals surface area contributed by atoms with E-state index in [-0.39, 0.29) is 19.3 Å². The van der Waals surface area contributed by atoms with Crippen LogP contribution in [0, 0.1) is 34.0 Å². The molecular formula is C27H34O11. The lowest BCUT2D eigenvalue weighted by Gasteiger charge is -2.73. The maximum atomic E-state index is 13.9. The molecule has 11 heteroatoms. The molecule has 1 aliphatic heterocycles. The van der Waals surface area contributed by atoms with Crippen molar-refractivity contribution in [1.29, 1.82) is 0 Å². The molecule has 5 fully saturated rings. The highest BCUT2D eigenvalue weighted by Crippen LogP contribution is 2.80. The normalized spacial score (nSPS) is 53.7. The fourth-order valence-electron chi connectivity index (χ4n) is 10.0. The number of methoxy groups -OCH3 is 1. The van der Waals surface area contributed by atoms with Gasteiger partial charge in [0.1, 0.15) is 23.1 Å². The van der Waals surface area contributed by atoms with Gasteiger partial charge in [-0.05, 0) is 25.3 Å².